The molecule has 1 aromatic carbocycles. The highest BCUT2D eigenvalue weighted by Gasteiger charge is 2.19. The zero-order valence-corrected chi connectivity index (χ0v) is 12.7. The summed E-state index contributed by atoms with van der Waals surface area (Å²) in [6.45, 7) is 1.89. The van der Waals surface area contributed by atoms with Crippen LogP contribution in [0.1, 0.15) is 23.7 Å². The average Bonchev–Trinajstić information content (AvgIpc) is 2.92. The van der Waals surface area contributed by atoms with E-state index in [-0.39, 0.29) is 17.7 Å². The second kappa shape index (κ2) is 6.04. The standard InChI is InChI=1S/C18H16N2O3/c1-13(21)20-12-14(15-6-2-3-7-16(15)20)9-10-18(23)19-11-5-4-8-17(19)22/h2-4,6-10,12H,5,11H2,1H3. The summed E-state index contributed by atoms with van der Waals surface area (Å²) < 4.78 is 1.55. The van der Waals surface area contributed by atoms with E-state index in [9.17, 15) is 14.4 Å². The number of carbonyl (C=O) groups is 3. The number of carbonyl (C=O) groups excluding carboxylic acids is 3. The predicted octanol–water partition coefficient (Wildman–Crippen LogP) is 2.63. The van der Waals surface area contributed by atoms with Crippen molar-refractivity contribution in [2.75, 3.05) is 6.54 Å². The summed E-state index contributed by atoms with van der Waals surface area (Å²) >= 11 is 0. The fraction of sp³-hybridized carbons (Fsp3) is 0.167. The maximum atomic E-state index is 12.2. The van der Waals surface area contributed by atoms with Crippen LogP contribution in [0.4, 0.5) is 0 Å². The second-order valence-electron chi connectivity index (χ2n) is 5.34. The Morgan fingerprint density at radius 3 is 2.74 bits per heavy atom. The average molecular weight is 308 g/mol. The minimum Gasteiger partial charge on any atom is -0.287 e. The van der Waals surface area contributed by atoms with Crippen molar-refractivity contribution in [1.29, 1.82) is 0 Å². The number of rotatable bonds is 2. The molecule has 0 aliphatic carbocycles. The molecule has 116 valence electrons. The van der Waals surface area contributed by atoms with Crippen LogP contribution in [0.25, 0.3) is 17.0 Å². The maximum absolute atomic E-state index is 12.2. The maximum Gasteiger partial charge on any atom is 0.253 e. The van der Waals surface area contributed by atoms with Crippen LogP contribution >= 0.6 is 0 Å². The molecule has 2 heterocycles. The van der Waals surface area contributed by atoms with Crippen LogP contribution in [0.2, 0.25) is 0 Å². The van der Waals surface area contributed by atoms with Gasteiger partial charge in [-0.2, -0.15) is 0 Å². The van der Waals surface area contributed by atoms with Crippen molar-refractivity contribution in [1.82, 2.24) is 9.47 Å². The Kier molecular flexibility index (Phi) is 3.93. The Balaban J connectivity index is 1.92. The lowest BCUT2D eigenvalue weighted by Crippen LogP contribution is -2.37. The summed E-state index contributed by atoms with van der Waals surface area (Å²) in [5.74, 6) is -0.736. The number of hydrogen-bond acceptors (Lipinski definition) is 3. The number of benzene rings is 1. The van der Waals surface area contributed by atoms with Gasteiger partial charge in [0.05, 0.1) is 5.52 Å². The number of imide groups is 1. The SMILES string of the molecule is CC(=O)n1cc(C=CC(=O)N2CCC=CC2=O)c2ccccc21. The molecule has 0 fully saturated rings. The Morgan fingerprint density at radius 2 is 2.00 bits per heavy atom. The number of fused-ring (bicyclic) bond motifs is 1. The van der Waals surface area contributed by atoms with Crippen molar-refractivity contribution in [3.05, 3.63) is 54.3 Å². The quantitative estimate of drug-likeness (QED) is 0.801. The van der Waals surface area contributed by atoms with Gasteiger partial charge >= 0.3 is 0 Å². The summed E-state index contributed by atoms with van der Waals surface area (Å²) in [5, 5.41) is 0.886. The van der Waals surface area contributed by atoms with E-state index in [1.807, 2.05) is 24.3 Å². The van der Waals surface area contributed by atoms with Crippen LogP contribution in [-0.2, 0) is 9.59 Å². The van der Waals surface area contributed by atoms with E-state index in [4.69, 9.17) is 0 Å². The number of para-hydroxylation sites is 1. The number of hydrogen-bond donors (Lipinski definition) is 0. The third-order valence-corrected chi connectivity index (χ3v) is 3.80. The first-order valence-electron chi connectivity index (χ1n) is 7.39. The molecule has 1 aliphatic heterocycles. The minimum atomic E-state index is -0.348. The normalized spacial score (nSPS) is 14.8. The number of amides is 2. The van der Waals surface area contributed by atoms with E-state index in [2.05, 4.69) is 0 Å². The minimum absolute atomic E-state index is 0.0940. The van der Waals surface area contributed by atoms with Crippen LogP contribution in [0.15, 0.2) is 48.7 Å². The van der Waals surface area contributed by atoms with E-state index in [1.54, 1.807) is 22.9 Å². The van der Waals surface area contributed by atoms with Gasteiger partial charge in [-0.3, -0.25) is 23.9 Å². The molecule has 0 saturated heterocycles. The fourth-order valence-electron chi connectivity index (χ4n) is 2.66. The molecule has 0 spiro atoms. The van der Waals surface area contributed by atoms with Gasteiger partial charge in [0, 0.05) is 36.7 Å². The lowest BCUT2D eigenvalue weighted by Gasteiger charge is -2.19. The fourth-order valence-corrected chi connectivity index (χ4v) is 2.66. The Bertz CT molecular complexity index is 858. The van der Waals surface area contributed by atoms with Gasteiger partial charge in [-0.15, -0.1) is 0 Å². The van der Waals surface area contributed by atoms with Gasteiger partial charge in [-0.1, -0.05) is 24.3 Å². The molecule has 23 heavy (non-hydrogen) atoms. The molecule has 0 N–H and O–H groups in total. The summed E-state index contributed by atoms with van der Waals surface area (Å²) in [4.78, 5) is 36.8. The predicted molar refractivity (Wildman–Crippen MR) is 87.7 cm³/mol. The molecule has 5 heteroatoms. The molecule has 0 bridgehead atoms. The number of aromatic nitrogens is 1. The Hall–Kier alpha value is -2.95. The van der Waals surface area contributed by atoms with E-state index in [0.29, 0.717) is 13.0 Å². The first-order valence-corrected chi connectivity index (χ1v) is 7.39. The Labute approximate surface area is 133 Å². The lowest BCUT2D eigenvalue weighted by atomic mass is 10.1. The van der Waals surface area contributed by atoms with Gasteiger partial charge < -0.3 is 0 Å². The van der Waals surface area contributed by atoms with Crippen LogP contribution in [-0.4, -0.2) is 33.7 Å². The van der Waals surface area contributed by atoms with E-state index in [1.165, 1.54) is 24.0 Å². The largest absolute Gasteiger partial charge is 0.287 e. The third kappa shape index (κ3) is 2.85. The molecule has 1 aromatic heterocycles. The van der Waals surface area contributed by atoms with Crippen molar-refractivity contribution in [3.8, 4) is 0 Å². The molecule has 0 atom stereocenters. The number of nitrogens with zero attached hydrogens (tertiary/aromatic N) is 2. The summed E-state index contributed by atoms with van der Waals surface area (Å²) in [7, 11) is 0. The van der Waals surface area contributed by atoms with Gasteiger partial charge in [0.2, 0.25) is 5.91 Å². The zero-order chi connectivity index (χ0) is 16.4. The lowest BCUT2D eigenvalue weighted by molar-refractivity contribution is -0.139. The molecule has 2 aromatic rings. The van der Waals surface area contributed by atoms with Crippen molar-refractivity contribution in [2.45, 2.75) is 13.3 Å². The van der Waals surface area contributed by atoms with Crippen LogP contribution in [0.3, 0.4) is 0 Å². The van der Waals surface area contributed by atoms with Crippen molar-refractivity contribution in [3.63, 3.8) is 0 Å². The summed E-state index contributed by atoms with van der Waals surface area (Å²) in [6.07, 6.45) is 8.58. The smallest absolute Gasteiger partial charge is 0.253 e. The summed E-state index contributed by atoms with van der Waals surface area (Å²) in [5.41, 5.74) is 1.56. The highest BCUT2D eigenvalue weighted by atomic mass is 16.2. The monoisotopic (exact) mass is 308 g/mol. The zero-order valence-electron chi connectivity index (χ0n) is 12.7. The Morgan fingerprint density at radius 1 is 1.22 bits per heavy atom. The van der Waals surface area contributed by atoms with Crippen molar-refractivity contribution < 1.29 is 14.4 Å². The topological polar surface area (TPSA) is 59.4 Å². The highest BCUT2D eigenvalue weighted by Crippen LogP contribution is 2.22. The molecular weight excluding hydrogens is 292 g/mol. The van der Waals surface area contributed by atoms with E-state index >= 15 is 0 Å². The van der Waals surface area contributed by atoms with Gasteiger partial charge in [0.15, 0.2) is 0 Å². The van der Waals surface area contributed by atoms with Crippen LogP contribution in [0, 0.1) is 0 Å². The third-order valence-electron chi connectivity index (χ3n) is 3.80. The molecule has 2 amide bonds. The summed E-state index contributed by atoms with van der Waals surface area (Å²) in [6, 6.07) is 7.49. The van der Waals surface area contributed by atoms with Gasteiger partial charge in [-0.25, -0.2) is 0 Å². The molecule has 0 unspecified atom stereocenters. The molecule has 5 nitrogen and oxygen atoms in total. The molecule has 3 rings (SSSR count). The van der Waals surface area contributed by atoms with Crippen LogP contribution < -0.4 is 0 Å². The molecular formula is C18H16N2O3. The molecule has 0 radical (unpaired) electrons. The molecule has 0 saturated carbocycles. The highest BCUT2D eigenvalue weighted by molar-refractivity contribution is 6.08. The van der Waals surface area contributed by atoms with E-state index in [0.717, 1.165) is 16.5 Å². The van der Waals surface area contributed by atoms with Crippen LogP contribution in [0.5, 0.6) is 0 Å². The van der Waals surface area contributed by atoms with Crippen molar-refractivity contribution in [2.24, 2.45) is 0 Å². The van der Waals surface area contributed by atoms with Gasteiger partial charge in [-0.05, 0) is 24.6 Å². The van der Waals surface area contributed by atoms with Crippen molar-refractivity contribution >= 4 is 34.7 Å². The first kappa shape index (κ1) is 15.0. The second-order valence-corrected chi connectivity index (χ2v) is 5.34. The van der Waals surface area contributed by atoms with Gasteiger partial charge in [0.25, 0.3) is 11.8 Å². The van der Waals surface area contributed by atoms with E-state index < -0.39 is 0 Å². The molecule has 1 aliphatic rings. The first-order chi connectivity index (χ1) is 11.1. The van der Waals surface area contributed by atoms with Gasteiger partial charge in [0.1, 0.15) is 0 Å².